The van der Waals surface area contributed by atoms with Crippen molar-refractivity contribution in [2.24, 2.45) is 5.73 Å². The fourth-order valence-corrected chi connectivity index (χ4v) is 1.64. The molecule has 0 spiro atoms. The van der Waals surface area contributed by atoms with Crippen molar-refractivity contribution in [3.8, 4) is 11.5 Å². The second-order valence-electron chi connectivity index (χ2n) is 4.35. The molecule has 0 radical (unpaired) electrons. The lowest BCUT2D eigenvalue weighted by molar-refractivity contribution is -0.125. The van der Waals surface area contributed by atoms with Gasteiger partial charge >= 0.3 is 6.61 Å². The van der Waals surface area contributed by atoms with Crippen LogP contribution in [0.5, 0.6) is 11.5 Å². The molecule has 0 aromatic heterocycles. The maximum absolute atomic E-state index is 12.3. The Labute approximate surface area is 144 Å². The van der Waals surface area contributed by atoms with E-state index in [4.69, 9.17) is 10.5 Å². The van der Waals surface area contributed by atoms with Crippen LogP contribution in [0.3, 0.4) is 0 Å². The number of hydrogen-bond acceptors (Lipinski definition) is 5. The zero-order valence-corrected chi connectivity index (χ0v) is 13.8. The highest BCUT2D eigenvalue weighted by atomic mass is 35.5. The molecular weight excluding hydrogens is 348 g/mol. The zero-order chi connectivity index (χ0) is 17.2. The molecule has 10 heteroatoms. The average molecular weight is 368 g/mol. The number of hydrogen-bond donors (Lipinski definition) is 3. The lowest BCUT2D eigenvalue weighted by Gasteiger charge is -2.13. The molecule has 0 heterocycles. The summed E-state index contributed by atoms with van der Waals surface area (Å²) in [7, 11) is 0. The third-order valence-corrected chi connectivity index (χ3v) is 2.65. The van der Waals surface area contributed by atoms with Gasteiger partial charge in [-0.15, -0.1) is 12.4 Å². The number of ether oxygens (including phenoxy) is 2. The number of rotatable bonds is 9. The predicted octanol–water partition coefficient (Wildman–Crippen LogP) is 0.800. The van der Waals surface area contributed by atoms with Gasteiger partial charge in [0.25, 0.3) is 0 Å². The molecule has 7 nitrogen and oxygen atoms in total. The first kappa shape index (κ1) is 21.9. The highest BCUT2D eigenvalue weighted by Gasteiger charge is 2.12. The molecule has 1 rings (SSSR count). The number of nitrogens with two attached hydrogens (primary N) is 1. The van der Waals surface area contributed by atoms with Crippen LogP contribution in [-0.4, -0.2) is 38.1 Å². The van der Waals surface area contributed by atoms with Gasteiger partial charge < -0.3 is 25.8 Å². The molecule has 0 saturated heterocycles. The van der Waals surface area contributed by atoms with E-state index in [1.807, 2.05) is 0 Å². The Kier molecular flexibility index (Phi) is 10.4. The fraction of sp³-hybridized carbons (Fsp3) is 0.429. The SMILES string of the molecule is CCOc1cc(CNC(=O)CNC(=O)CN)ccc1OC(F)F.Cl. The summed E-state index contributed by atoms with van der Waals surface area (Å²) in [4.78, 5) is 22.5. The van der Waals surface area contributed by atoms with Crippen LogP contribution in [0.4, 0.5) is 8.78 Å². The first-order valence-corrected chi connectivity index (χ1v) is 6.90. The van der Waals surface area contributed by atoms with Gasteiger partial charge in [-0.1, -0.05) is 6.07 Å². The van der Waals surface area contributed by atoms with Crippen LogP contribution in [0.25, 0.3) is 0 Å². The first-order valence-electron chi connectivity index (χ1n) is 6.90. The normalized spacial score (nSPS) is 9.88. The molecule has 0 fully saturated rings. The molecular formula is C14H20ClF2N3O4. The van der Waals surface area contributed by atoms with Gasteiger partial charge in [0.15, 0.2) is 11.5 Å². The van der Waals surface area contributed by atoms with Gasteiger partial charge in [0, 0.05) is 6.54 Å². The number of benzene rings is 1. The number of alkyl halides is 2. The number of halogens is 3. The third kappa shape index (κ3) is 7.93. The van der Waals surface area contributed by atoms with Gasteiger partial charge in [-0.2, -0.15) is 8.78 Å². The lowest BCUT2D eigenvalue weighted by atomic mass is 10.2. The fourth-order valence-electron chi connectivity index (χ4n) is 1.64. The molecule has 4 N–H and O–H groups in total. The van der Waals surface area contributed by atoms with Crippen molar-refractivity contribution in [2.45, 2.75) is 20.1 Å². The Morgan fingerprint density at radius 3 is 2.50 bits per heavy atom. The number of nitrogens with one attached hydrogen (secondary N) is 2. The lowest BCUT2D eigenvalue weighted by Crippen LogP contribution is -2.39. The predicted molar refractivity (Wildman–Crippen MR) is 85.4 cm³/mol. The van der Waals surface area contributed by atoms with Gasteiger partial charge in [-0.3, -0.25) is 9.59 Å². The van der Waals surface area contributed by atoms with Crippen molar-refractivity contribution in [3.63, 3.8) is 0 Å². The van der Waals surface area contributed by atoms with E-state index >= 15 is 0 Å². The summed E-state index contributed by atoms with van der Waals surface area (Å²) in [5.74, 6) is -0.756. The Hall–Kier alpha value is -2.13. The quantitative estimate of drug-likeness (QED) is 0.599. The molecule has 136 valence electrons. The van der Waals surface area contributed by atoms with Crippen molar-refractivity contribution in [3.05, 3.63) is 23.8 Å². The minimum Gasteiger partial charge on any atom is -0.490 e. The van der Waals surface area contributed by atoms with Crippen LogP contribution in [0.1, 0.15) is 12.5 Å². The summed E-state index contributed by atoms with van der Waals surface area (Å²) >= 11 is 0. The molecule has 1 aromatic rings. The Bertz CT molecular complexity index is 547. The number of carbonyl (C=O) groups excluding carboxylic acids is 2. The molecule has 2 amide bonds. The van der Waals surface area contributed by atoms with Crippen LogP contribution in [0.2, 0.25) is 0 Å². The minimum atomic E-state index is -2.95. The van der Waals surface area contributed by atoms with Crippen LogP contribution in [-0.2, 0) is 16.1 Å². The van der Waals surface area contributed by atoms with E-state index in [1.165, 1.54) is 18.2 Å². The molecule has 0 aliphatic carbocycles. The summed E-state index contributed by atoms with van der Waals surface area (Å²) in [6.45, 7) is -1.21. The van der Waals surface area contributed by atoms with E-state index in [0.29, 0.717) is 5.56 Å². The molecule has 1 aromatic carbocycles. The monoisotopic (exact) mass is 367 g/mol. The second kappa shape index (κ2) is 11.4. The third-order valence-electron chi connectivity index (χ3n) is 2.65. The molecule has 0 aliphatic heterocycles. The molecule has 0 atom stereocenters. The zero-order valence-electron chi connectivity index (χ0n) is 13.0. The second-order valence-corrected chi connectivity index (χ2v) is 4.35. The maximum Gasteiger partial charge on any atom is 0.387 e. The van der Waals surface area contributed by atoms with Gasteiger partial charge in [0.05, 0.1) is 19.7 Å². The van der Waals surface area contributed by atoms with Crippen molar-refractivity contribution in [2.75, 3.05) is 19.7 Å². The maximum atomic E-state index is 12.3. The molecule has 0 bridgehead atoms. The van der Waals surface area contributed by atoms with E-state index in [2.05, 4.69) is 15.4 Å². The van der Waals surface area contributed by atoms with Gasteiger partial charge in [0.2, 0.25) is 11.8 Å². The van der Waals surface area contributed by atoms with E-state index in [9.17, 15) is 18.4 Å². The summed E-state index contributed by atoms with van der Waals surface area (Å²) in [6.07, 6.45) is 0. The molecule has 0 unspecified atom stereocenters. The Balaban J connectivity index is 0.00000529. The Morgan fingerprint density at radius 2 is 1.92 bits per heavy atom. The molecule has 24 heavy (non-hydrogen) atoms. The number of carbonyl (C=O) groups is 2. The Morgan fingerprint density at radius 1 is 1.21 bits per heavy atom. The largest absolute Gasteiger partial charge is 0.490 e. The van der Waals surface area contributed by atoms with Crippen molar-refractivity contribution >= 4 is 24.2 Å². The van der Waals surface area contributed by atoms with E-state index in [0.717, 1.165) is 0 Å². The van der Waals surface area contributed by atoms with Gasteiger partial charge in [0.1, 0.15) is 0 Å². The van der Waals surface area contributed by atoms with Crippen molar-refractivity contribution < 1.29 is 27.8 Å². The topological polar surface area (TPSA) is 103 Å². The van der Waals surface area contributed by atoms with E-state index in [-0.39, 0.29) is 50.1 Å². The summed E-state index contributed by atoms with van der Waals surface area (Å²) in [5, 5.41) is 4.90. The van der Waals surface area contributed by atoms with Crippen molar-refractivity contribution in [1.29, 1.82) is 0 Å². The minimum absolute atomic E-state index is 0. The van der Waals surface area contributed by atoms with Gasteiger partial charge in [-0.25, -0.2) is 0 Å². The van der Waals surface area contributed by atoms with Crippen LogP contribution < -0.4 is 25.8 Å². The first-order chi connectivity index (χ1) is 11.0. The molecule has 0 aliphatic rings. The summed E-state index contributed by atoms with van der Waals surface area (Å²) in [5.41, 5.74) is 5.73. The van der Waals surface area contributed by atoms with E-state index < -0.39 is 18.4 Å². The van der Waals surface area contributed by atoms with Crippen LogP contribution in [0, 0.1) is 0 Å². The highest BCUT2D eigenvalue weighted by molar-refractivity contribution is 5.85. The average Bonchev–Trinajstić information content (AvgIpc) is 2.52. The van der Waals surface area contributed by atoms with Crippen LogP contribution >= 0.6 is 12.4 Å². The summed E-state index contributed by atoms with van der Waals surface area (Å²) < 4.78 is 34.2. The standard InChI is InChI=1S/C14H19F2N3O4.ClH/c1-2-22-11-5-9(3-4-10(11)23-14(15)16)7-18-13(21)8-19-12(20)6-17;/h3-5,14H,2,6-8,17H2,1H3,(H,18,21)(H,19,20);1H. The smallest absolute Gasteiger partial charge is 0.387 e. The highest BCUT2D eigenvalue weighted by Crippen LogP contribution is 2.29. The van der Waals surface area contributed by atoms with Crippen molar-refractivity contribution in [1.82, 2.24) is 10.6 Å². The molecule has 0 saturated carbocycles. The van der Waals surface area contributed by atoms with Gasteiger partial charge in [-0.05, 0) is 24.6 Å². The summed E-state index contributed by atoms with van der Waals surface area (Å²) in [6, 6.07) is 4.37. The van der Waals surface area contributed by atoms with E-state index in [1.54, 1.807) is 6.92 Å². The number of amides is 2. The van der Waals surface area contributed by atoms with Crippen LogP contribution in [0.15, 0.2) is 18.2 Å².